The second kappa shape index (κ2) is 8.34. The van der Waals surface area contributed by atoms with Crippen LogP contribution in [0.3, 0.4) is 0 Å². The Bertz CT molecular complexity index is 890. The van der Waals surface area contributed by atoms with Crippen molar-refractivity contribution in [1.82, 2.24) is 4.98 Å². The highest BCUT2D eigenvalue weighted by atomic mass is 16.5. The van der Waals surface area contributed by atoms with Gasteiger partial charge in [0.15, 0.2) is 0 Å². The first kappa shape index (κ1) is 17.7. The third kappa shape index (κ3) is 4.30. The van der Waals surface area contributed by atoms with Gasteiger partial charge in [-0.2, -0.15) is 0 Å². The standard InChI is InChI=1S/C21H21NO4/c1-15-7-8-16-5-3-6-19(20(16)22-15)26-14-4-13-25-18-11-9-17(10-12-18)21(23)24-2/h3,5-12H,4,13-14H2,1-2H3. The van der Waals surface area contributed by atoms with E-state index in [1.807, 2.05) is 37.3 Å². The second-order valence-electron chi connectivity index (χ2n) is 5.85. The van der Waals surface area contributed by atoms with Crippen molar-refractivity contribution in [3.8, 4) is 11.5 Å². The van der Waals surface area contributed by atoms with E-state index in [1.54, 1.807) is 24.3 Å². The normalized spacial score (nSPS) is 10.5. The van der Waals surface area contributed by atoms with E-state index in [0.717, 1.165) is 28.8 Å². The molecule has 0 spiro atoms. The van der Waals surface area contributed by atoms with Gasteiger partial charge in [-0.3, -0.25) is 0 Å². The summed E-state index contributed by atoms with van der Waals surface area (Å²) < 4.78 is 16.2. The molecule has 0 aliphatic rings. The van der Waals surface area contributed by atoms with Crippen molar-refractivity contribution in [2.75, 3.05) is 20.3 Å². The molecule has 26 heavy (non-hydrogen) atoms. The Labute approximate surface area is 152 Å². The summed E-state index contributed by atoms with van der Waals surface area (Å²) in [6, 6.07) is 16.8. The fraction of sp³-hybridized carbons (Fsp3) is 0.238. The number of benzene rings is 2. The molecule has 5 nitrogen and oxygen atoms in total. The summed E-state index contributed by atoms with van der Waals surface area (Å²) >= 11 is 0. The number of aryl methyl sites for hydroxylation is 1. The van der Waals surface area contributed by atoms with Crippen molar-refractivity contribution >= 4 is 16.9 Å². The monoisotopic (exact) mass is 351 g/mol. The van der Waals surface area contributed by atoms with Crippen LogP contribution >= 0.6 is 0 Å². The molecule has 1 aromatic heterocycles. The number of fused-ring (bicyclic) bond motifs is 1. The molecule has 0 saturated heterocycles. The molecule has 1 heterocycles. The molecule has 134 valence electrons. The van der Waals surface area contributed by atoms with Gasteiger partial charge >= 0.3 is 5.97 Å². The van der Waals surface area contributed by atoms with Crippen molar-refractivity contribution in [2.45, 2.75) is 13.3 Å². The lowest BCUT2D eigenvalue weighted by Crippen LogP contribution is -2.06. The number of hydrogen-bond donors (Lipinski definition) is 0. The fourth-order valence-corrected chi connectivity index (χ4v) is 2.57. The molecule has 0 unspecified atom stereocenters. The first-order valence-corrected chi connectivity index (χ1v) is 8.48. The lowest BCUT2D eigenvalue weighted by atomic mass is 10.2. The van der Waals surface area contributed by atoms with Crippen LogP contribution in [0.1, 0.15) is 22.5 Å². The van der Waals surface area contributed by atoms with Gasteiger partial charge in [0.25, 0.3) is 0 Å². The summed E-state index contributed by atoms with van der Waals surface area (Å²) in [7, 11) is 1.36. The van der Waals surface area contributed by atoms with Crippen molar-refractivity contribution in [3.63, 3.8) is 0 Å². The third-order valence-electron chi connectivity index (χ3n) is 3.91. The minimum absolute atomic E-state index is 0.358. The summed E-state index contributed by atoms with van der Waals surface area (Å²) in [6.07, 6.45) is 0.737. The van der Waals surface area contributed by atoms with Crippen LogP contribution in [0, 0.1) is 6.92 Å². The van der Waals surface area contributed by atoms with Crippen LogP contribution in [0.25, 0.3) is 10.9 Å². The molecule has 2 aromatic carbocycles. The number of pyridine rings is 1. The second-order valence-corrected chi connectivity index (χ2v) is 5.85. The topological polar surface area (TPSA) is 57.7 Å². The Balaban J connectivity index is 1.49. The number of para-hydroxylation sites is 1. The zero-order chi connectivity index (χ0) is 18.4. The van der Waals surface area contributed by atoms with E-state index in [-0.39, 0.29) is 5.97 Å². The van der Waals surface area contributed by atoms with E-state index in [2.05, 4.69) is 9.72 Å². The van der Waals surface area contributed by atoms with E-state index in [9.17, 15) is 4.79 Å². The Morgan fingerprint density at radius 3 is 2.50 bits per heavy atom. The molecule has 5 heteroatoms. The van der Waals surface area contributed by atoms with E-state index in [1.165, 1.54) is 7.11 Å². The van der Waals surface area contributed by atoms with Gasteiger partial charge in [0.1, 0.15) is 17.0 Å². The smallest absolute Gasteiger partial charge is 0.337 e. The Hall–Kier alpha value is -3.08. The SMILES string of the molecule is COC(=O)c1ccc(OCCCOc2cccc3ccc(C)nc23)cc1. The van der Waals surface area contributed by atoms with Crippen LogP contribution in [0.2, 0.25) is 0 Å². The van der Waals surface area contributed by atoms with E-state index in [4.69, 9.17) is 9.47 Å². The Morgan fingerprint density at radius 2 is 1.73 bits per heavy atom. The lowest BCUT2D eigenvalue weighted by Gasteiger charge is -2.10. The maximum Gasteiger partial charge on any atom is 0.337 e. The van der Waals surface area contributed by atoms with Crippen LogP contribution in [0.5, 0.6) is 11.5 Å². The minimum atomic E-state index is -0.358. The van der Waals surface area contributed by atoms with Crippen molar-refractivity contribution in [2.24, 2.45) is 0 Å². The highest BCUT2D eigenvalue weighted by Gasteiger charge is 2.05. The number of carbonyl (C=O) groups excluding carboxylic acids is 1. The maximum atomic E-state index is 11.4. The molecule has 0 aliphatic carbocycles. The molecule has 0 N–H and O–H groups in total. The summed E-state index contributed by atoms with van der Waals surface area (Å²) in [5.41, 5.74) is 2.35. The Morgan fingerprint density at radius 1 is 0.962 bits per heavy atom. The quantitative estimate of drug-likeness (QED) is 0.472. The van der Waals surface area contributed by atoms with Crippen LogP contribution in [0.4, 0.5) is 0 Å². The van der Waals surface area contributed by atoms with Gasteiger partial charge < -0.3 is 14.2 Å². The van der Waals surface area contributed by atoms with Crippen LogP contribution in [-0.2, 0) is 4.74 Å². The average Bonchev–Trinajstić information content (AvgIpc) is 2.68. The third-order valence-corrected chi connectivity index (χ3v) is 3.91. The molecule has 0 saturated carbocycles. The molecule has 0 radical (unpaired) electrons. The van der Waals surface area contributed by atoms with E-state index in [0.29, 0.717) is 24.5 Å². The number of ether oxygens (including phenoxy) is 3. The highest BCUT2D eigenvalue weighted by molar-refractivity contribution is 5.89. The zero-order valence-corrected chi connectivity index (χ0v) is 14.9. The van der Waals surface area contributed by atoms with Crippen LogP contribution in [-0.4, -0.2) is 31.3 Å². The first-order chi connectivity index (χ1) is 12.7. The number of hydrogen-bond acceptors (Lipinski definition) is 5. The molecule has 0 atom stereocenters. The molecular formula is C21H21NO4. The highest BCUT2D eigenvalue weighted by Crippen LogP contribution is 2.24. The maximum absolute atomic E-state index is 11.4. The van der Waals surface area contributed by atoms with Crippen molar-refractivity contribution < 1.29 is 19.0 Å². The number of rotatable bonds is 7. The zero-order valence-electron chi connectivity index (χ0n) is 14.9. The predicted molar refractivity (Wildman–Crippen MR) is 99.9 cm³/mol. The van der Waals surface area contributed by atoms with Crippen molar-refractivity contribution in [3.05, 3.63) is 65.9 Å². The van der Waals surface area contributed by atoms with Gasteiger partial charge in [-0.05, 0) is 43.3 Å². The molecule has 3 rings (SSSR count). The van der Waals surface area contributed by atoms with Gasteiger partial charge in [-0.25, -0.2) is 9.78 Å². The first-order valence-electron chi connectivity index (χ1n) is 8.48. The summed E-state index contributed by atoms with van der Waals surface area (Å²) in [5.74, 6) is 1.14. The lowest BCUT2D eigenvalue weighted by molar-refractivity contribution is 0.0600. The predicted octanol–water partition coefficient (Wildman–Crippen LogP) is 4.18. The fourth-order valence-electron chi connectivity index (χ4n) is 2.57. The number of nitrogens with zero attached hydrogens (tertiary/aromatic N) is 1. The van der Waals surface area contributed by atoms with Gasteiger partial charge in [-0.15, -0.1) is 0 Å². The van der Waals surface area contributed by atoms with Gasteiger partial charge in [-0.1, -0.05) is 18.2 Å². The largest absolute Gasteiger partial charge is 0.493 e. The summed E-state index contributed by atoms with van der Waals surface area (Å²) in [4.78, 5) is 15.9. The van der Waals surface area contributed by atoms with Crippen LogP contribution < -0.4 is 9.47 Å². The number of aromatic nitrogens is 1. The van der Waals surface area contributed by atoms with E-state index < -0.39 is 0 Å². The summed E-state index contributed by atoms with van der Waals surface area (Å²) in [5, 5.41) is 1.06. The average molecular weight is 351 g/mol. The van der Waals surface area contributed by atoms with Gasteiger partial charge in [0, 0.05) is 17.5 Å². The molecular weight excluding hydrogens is 330 g/mol. The van der Waals surface area contributed by atoms with Gasteiger partial charge in [0.2, 0.25) is 0 Å². The Kier molecular flexibility index (Phi) is 5.69. The van der Waals surface area contributed by atoms with Crippen molar-refractivity contribution in [1.29, 1.82) is 0 Å². The number of carbonyl (C=O) groups is 1. The van der Waals surface area contributed by atoms with Gasteiger partial charge in [0.05, 0.1) is 25.9 Å². The molecule has 0 fully saturated rings. The molecule has 0 amide bonds. The van der Waals surface area contributed by atoms with Crippen LogP contribution in [0.15, 0.2) is 54.6 Å². The van der Waals surface area contributed by atoms with E-state index >= 15 is 0 Å². The molecule has 0 bridgehead atoms. The summed E-state index contributed by atoms with van der Waals surface area (Å²) in [6.45, 7) is 3.03. The molecule has 3 aromatic rings. The molecule has 0 aliphatic heterocycles. The minimum Gasteiger partial charge on any atom is -0.493 e. The number of esters is 1. The number of methoxy groups -OCH3 is 1.